The number of para-hydroxylation sites is 3. The molecule has 1 heterocycles. The lowest BCUT2D eigenvalue weighted by molar-refractivity contribution is -0.134. The van der Waals surface area contributed by atoms with Gasteiger partial charge in [-0.1, -0.05) is 43.7 Å². The zero-order valence-corrected chi connectivity index (χ0v) is 28.5. The molecule has 12 nitrogen and oxygen atoms in total. The Labute approximate surface area is 288 Å². The molecule has 0 radical (unpaired) electrons. The highest BCUT2D eigenvalue weighted by atomic mass is 16.5. The number of nitrogen functional groups attached to an aromatic ring is 1. The molecular weight excluding hydrogens is 624 g/mol. The number of nitrogens with zero attached hydrogens (tertiary/aromatic N) is 2. The van der Waals surface area contributed by atoms with Crippen molar-refractivity contribution in [1.82, 2.24) is 9.80 Å². The molecule has 12 heteroatoms. The molecule has 0 bridgehead atoms. The fourth-order valence-electron chi connectivity index (χ4n) is 5.61. The van der Waals surface area contributed by atoms with Crippen LogP contribution in [0.2, 0.25) is 0 Å². The van der Waals surface area contributed by atoms with Gasteiger partial charge in [0.2, 0.25) is 17.7 Å². The Balaban J connectivity index is 1.37. The van der Waals surface area contributed by atoms with Gasteiger partial charge in [0.25, 0.3) is 0 Å². The van der Waals surface area contributed by atoms with Crippen molar-refractivity contribution in [3.63, 3.8) is 0 Å². The van der Waals surface area contributed by atoms with Gasteiger partial charge >= 0.3 is 6.03 Å². The second kappa shape index (κ2) is 17.9. The van der Waals surface area contributed by atoms with Gasteiger partial charge in [-0.15, -0.1) is 0 Å². The second-order valence-corrected chi connectivity index (χ2v) is 12.6. The van der Waals surface area contributed by atoms with Crippen molar-refractivity contribution in [1.29, 1.82) is 0 Å². The van der Waals surface area contributed by atoms with Crippen LogP contribution in [0.15, 0.2) is 72.8 Å². The number of hydrogen-bond donors (Lipinski definition) is 5. The zero-order valence-electron chi connectivity index (χ0n) is 28.5. The van der Waals surface area contributed by atoms with Crippen LogP contribution in [0, 0.1) is 5.92 Å². The Hall–Kier alpha value is -5.10. The molecule has 6 N–H and O–H groups in total. The number of urea groups is 1. The highest BCUT2D eigenvalue weighted by Crippen LogP contribution is 2.29. The van der Waals surface area contributed by atoms with Crippen LogP contribution in [0.1, 0.15) is 51.5 Å². The van der Waals surface area contributed by atoms with Crippen LogP contribution in [0.3, 0.4) is 0 Å². The molecule has 1 aliphatic heterocycles. The van der Waals surface area contributed by atoms with E-state index in [1.165, 1.54) is 0 Å². The number of fused-ring (bicyclic) bond motifs is 1. The van der Waals surface area contributed by atoms with Crippen LogP contribution in [0.5, 0.6) is 5.75 Å². The summed E-state index contributed by atoms with van der Waals surface area (Å²) in [7, 11) is 1.69. The number of carbonyl (C=O) groups excluding carboxylic acids is 4. The molecular formula is C37H48N6O6. The lowest BCUT2D eigenvalue weighted by Gasteiger charge is -2.34. The summed E-state index contributed by atoms with van der Waals surface area (Å²) < 4.78 is 6.51. The molecule has 3 aromatic rings. The minimum Gasteiger partial charge on any atom is -0.488 e. The summed E-state index contributed by atoms with van der Waals surface area (Å²) in [5.41, 5.74) is 8.78. The molecule has 0 fully saturated rings. The monoisotopic (exact) mass is 672 g/mol. The molecule has 49 heavy (non-hydrogen) atoms. The number of benzene rings is 3. The number of aliphatic hydroxyl groups excluding tert-OH is 1. The van der Waals surface area contributed by atoms with E-state index in [0.29, 0.717) is 66.3 Å². The fourth-order valence-corrected chi connectivity index (χ4v) is 5.61. The van der Waals surface area contributed by atoms with Crippen LogP contribution in [0.4, 0.5) is 27.5 Å². The molecule has 5 amide bonds. The number of unbranched alkanes of at least 4 members (excludes halogenated alkanes) is 2. The van der Waals surface area contributed by atoms with Crippen molar-refractivity contribution in [2.45, 2.75) is 64.5 Å². The van der Waals surface area contributed by atoms with Gasteiger partial charge in [-0.2, -0.15) is 0 Å². The van der Waals surface area contributed by atoms with Crippen molar-refractivity contribution in [2.24, 2.45) is 5.92 Å². The SMILES string of the molecule is C[C@@H]1CN([C@@H](C)CO)C(=O)Cc2cc(NC(=O)CCCCCC(=O)Nc3ccccc3N)ccc2O[C@@H]1CN(C)C(=O)Nc1ccccc1. The first-order valence-electron chi connectivity index (χ1n) is 16.7. The van der Waals surface area contributed by atoms with Gasteiger partial charge in [0, 0.05) is 49.3 Å². The zero-order chi connectivity index (χ0) is 35.3. The van der Waals surface area contributed by atoms with Gasteiger partial charge in [-0.25, -0.2) is 4.79 Å². The summed E-state index contributed by atoms with van der Waals surface area (Å²) in [6, 6.07) is 20.8. The molecule has 0 saturated heterocycles. The van der Waals surface area contributed by atoms with Gasteiger partial charge in [0.1, 0.15) is 11.9 Å². The van der Waals surface area contributed by atoms with Crippen LogP contribution in [-0.2, 0) is 20.8 Å². The molecule has 3 aromatic carbocycles. The van der Waals surface area contributed by atoms with E-state index in [0.717, 1.165) is 0 Å². The fraction of sp³-hybridized carbons (Fsp3) is 0.405. The molecule has 0 saturated carbocycles. The number of rotatable bonds is 13. The highest BCUT2D eigenvalue weighted by molar-refractivity contribution is 5.94. The smallest absolute Gasteiger partial charge is 0.321 e. The van der Waals surface area contributed by atoms with Gasteiger partial charge in [-0.05, 0) is 62.2 Å². The Morgan fingerprint density at radius 3 is 2.31 bits per heavy atom. The van der Waals surface area contributed by atoms with E-state index in [9.17, 15) is 24.3 Å². The molecule has 1 aliphatic rings. The molecule has 4 rings (SSSR count). The summed E-state index contributed by atoms with van der Waals surface area (Å²) >= 11 is 0. The summed E-state index contributed by atoms with van der Waals surface area (Å²) in [6.45, 7) is 4.14. The maximum absolute atomic E-state index is 13.5. The summed E-state index contributed by atoms with van der Waals surface area (Å²) in [5.74, 6) is -0.158. The lowest BCUT2D eigenvalue weighted by Crippen LogP contribution is -2.48. The van der Waals surface area contributed by atoms with E-state index in [1.54, 1.807) is 66.2 Å². The van der Waals surface area contributed by atoms with Crippen LogP contribution in [0.25, 0.3) is 0 Å². The highest BCUT2D eigenvalue weighted by Gasteiger charge is 2.32. The van der Waals surface area contributed by atoms with Crippen molar-refractivity contribution in [3.05, 3.63) is 78.4 Å². The van der Waals surface area contributed by atoms with E-state index >= 15 is 0 Å². The predicted octanol–water partition coefficient (Wildman–Crippen LogP) is 5.11. The summed E-state index contributed by atoms with van der Waals surface area (Å²) in [6.07, 6.45) is 2.09. The van der Waals surface area contributed by atoms with E-state index < -0.39 is 12.1 Å². The number of carbonyl (C=O) groups is 4. The first-order chi connectivity index (χ1) is 23.5. The van der Waals surface area contributed by atoms with Gasteiger partial charge in [0.15, 0.2) is 0 Å². The average molecular weight is 673 g/mol. The summed E-state index contributed by atoms with van der Waals surface area (Å²) in [5, 5.41) is 18.5. The first kappa shape index (κ1) is 36.7. The van der Waals surface area contributed by atoms with Crippen molar-refractivity contribution < 1.29 is 29.0 Å². The normalized spacial score (nSPS) is 16.6. The Kier molecular flexibility index (Phi) is 13.4. The second-order valence-electron chi connectivity index (χ2n) is 12.6. The lowest BCUT2D eigenvalue weighted by atomic mass is 10.0. The molecule has 0 unspecified atom stereocenters. The number of anilines is 4. The number of aliphatic hydroxyl groups is 1. The van der Waals surface area contributed by atoms with Crippen molar-refractivity contribution in [3.8, 4) is 5.75 Å². The van der Waals surface area contributed by atoms with Crippen LogP contribution < -0.4 is 26.4 Å². The molecule has 0 spiro atoms. The number of nitrogens with two attached hydrogens (primary N) is 1. The number of hydrogen-bond acceptors (Lipinski definition) is 7. The maximum atomic E-state index is 13.5. The molecule has 0 aromatic heterocycles. The van der Waals surface area contributed by atoms with E-state index in [4.69, 9.17) is 10.5 Å². The largest absolute Gasteiger partial charge is 0.488 e. The Bertz CT molecular complexity index is 1580. The summed E-state index contributed by atoms with van der Waals surface area (Å²) in [4.78, 5) is 54.8. The Morgan fingerprint density at radius 1 is 0.939 bits per heavy atom. The van der Waals surface area contributed by atoms with Crippen molar-refractivity contribution >= 4 is 46.5 Å². The van der Waals surface area contributed by atoms with Crippen LogP contribution >= 0.6 is 0 Å². The van der Waals surface area contributed by atoms with Crippen molar-refractivity contribution in [2.75, 3.05) is 48.4 Å². The van der Waals surface area contributed by atoms with E-state index in [2.05, 4.69) is 16.0 Å². The number of amides is 5. The third-order valence-corrected chi connectivity index (χ3v) is 8.57. The van der Waals surface area contributed by atoms with Gasteiger partial charge < -0.3 is 41.3 Å². The maximum Gasteiger partial charge on any atom is 0.321 e. The Morgan fingerprint density at radius 2 is 1.61 bits per heavy atom. The average Bonchev–Trinajstić information content (AvgIpc) is 3.12. The van der Waals surface area contributed by atoms with E-state index in [1.807, 2.05) is 37.3 Å². The van der Waals surface area contributed by atoms with E-state index in [-0.39, 0.29) is 55.7 Å². The standard InChI is InChI=1S/C37H48N6O6/c1-25-22-43(26(2)24-44)36(47)21-27-20-29(39-34(45)16-8-5-9-17-35(46)41-31-15-11-10-14-30(31)38)18-19-32(27)49-33(25)23-42(3)37(48)40-28-12-6-4-7-13-28/h4,6-7,10-15,18-20,25-26,33,44H,5,8-9,16-17,21-24,38H2,1-3H3,(H,39,45)(H,40,48)(H,41,46)/t25-,26+,33-/m1/s1. The van der Waals surface area contributed by atoms with Crippen LogP contribution in [-0.4, -0.2) is 77.5 Å². The third-order valence-electron chi connectivity index (χ3n) is 8.57. The number of nitrogens with one attached hydrogen (secondary N) is 3. The molecule has 3 atom stereocenters. The van der Waals surface area contributed by atoms with Gasteiger partial charge in [-0.3, -0.25) is 14.4 Å². The first-order valence-corrected chi connectivity index (χ1v) is 16.7. The predicted molar refractivity (Wildman–Crippen MR) is 191 cm³/mol. The minimum absolute atomic E-state index is 0.0177. The molecule has 0 aliphatic carbocycles. The number of ether oxygens (including phenoxy) is 1. The minimum atomic E-state index is -0.475. The quantitative estimate of drug-likeness (QED) is 0.124. The third kappa shape index (κ3) is 11.0. The van der Waals surface area contributed by atoms with Gasteiger partial charge in [0.05, 0.1) is 37.0 Å². The number of likely N-dealkylation sites (N-methyl/N-ethyl adjacent to an activating group) is 1. The topological polar surface area (TPSA) is 166 Å². The molecule has 262 valence electrons.